The molecule has 0 saturated heterocycles. The van der Waals surface area contributed by atoms with Crippen molar-refractivity contribution >= 4 is 16.9 Å². The van der Waals surface area contributed by atoms with Gasteiger partial charge in [0.15, 0.2) is 0 Å². The van der Waals surface area contributed by atoms with Crippen LogP contribution in [0.1, 0.15) is 43.6 Å². The van der Waals surface area contributed by atoms with Crippen LogP contribution in [0.4, 0.5) is 13.2 Å². The van der Waals surface area contributed by atoms with Gasteiger partial charge in [-0.3, -0.25) is 4.79 Å². The molecule has 1 aromatic carbocycles. The Kier molecular flexibility index (Phi) is 4.97. The van der Waals surface area contributed by atoms with Crippen LogP contribution in [0, 0.1) is 5.41 Å². The number of carbonyl (C=O) groups is 1. The lowest BCUT2D eigenvalue weighted by Gasteiger charge is -2.23. The first kappa shape index (κ1) is 19.0. The topological polar surface area (TPSA) is 48.3 Å². The van der Waals surface area contributed by atoms with E-state index in [1.54, 1.807) is 6.92 Å². The summed E-state index contributed by atoms with van der Waals surface area (Å²) in [5.74, 6) is -0.781. The predicted molar refractivity (Wildman–Crippen MR) is 88.6 cm³/mol. The van der Waals surface area contributed by atoms with E-state index >= 15 is 0 Å². The molecule has 2 rings (SSSR count). The van der Waals surface area contributed by atoms with Gasteiger partial charge in [-0.1, -0.05) is 20.8 Å². The molecule has 4 nitrogen and oxygen atoms in total. The van der Waals surface area contributed by atoms with Crippen molar-refractivity contribution in [2.24, 2.45) is 5.41 Å². The van der Waals surface area contributed by atoms with Gasteiger partial charge >= 0.3 is 12.1 Å². The Hall–Kier alpha value is -2.31. The molecule has 0 spiro atoms. The molecule has 0 amide bonds. The standard InChI is InChI=1S/C18H20F3NO3/c1-5-25-16(24)13-9-22(10-17(2,3)4)14-8-11(18(19,20)21)6-7-12(14)15(13)23/h6-9H,5,10H2,1-4H3. The third-order valence-corrected chi connectivity index (χ3v) is 3.55. The van der Waals surface area contributed by atoms with Crippen molar-refractivity contribution in [3.8, 4) is 0 Å². The van der Waals surface area contributed by atoms with Gasteiger partial charge in [0.2, 0.25) is 5.43 Å². The number of fused-ring (bicyclic) bond motifs is 1. The van der Waals surface area contributed by atoms with E-state index in [-0.39, 0.29) is 28.5 Å². The molecule has 0 aliphatic carbocycles. The number of esters is 1. The maximum Gasteiger partial charge on any atom is 0.416 e. The molecule has 25 heavy (non-hydrogen) atoms. The second-order valence-electron chi connectivity index (χ2n) is 7.01. The zero-order valence-corrected chi connectivity index (χ0v) is 14.5. The van der Waals surface area contributed by atoms with E-state index < -0.39 is 23.1 Å². The third-order valence-electron chi connectivity index (χ3n) is 3.55. The van der Waals surface area contributed by atoms with E-state index in [0.717, 1.165) is 18.2 Å². The van der Waals surface area contributed by atoms with Crippen molar-refractivity contribution in [3.05, 3.63) is 45.7 Å². The minimum absolute atomic E-state index is 0.0582. The largest absolute Gasteiger partial charge is 0.462 e. The average molecular weight is 355 g/mol. The highest BCUT2D eigenvalue weighted by molar-refractivity contribution is 5.94. The minimum atomic E-state index is -4.52. The van der Waals surface area contributed by atoms with Gasteiger partial charge < -0.3 is 9.30 Å². The van der Waals surface area contributed by atoms with E-state index in [2.05, 4.69) is 0 Å². The van der Waals surface area contributed by atoms with Gasteiger partial charge in [-0.2, -0.15) is 13.2 Å². The molecule has 2 aromatic rings. The number of halogens is 3. The molecule has 7 heteroatoms. The van der Waals surface area contributed by atoms with E-state index in [1.165, 1.54) is 10.8 Å². The van der Waals surface area contributed by atoms with Crippen LogP contribution >= 0.6 is 0 Å². The fourth-order valence-electron chi connectivity index (χ4n) is 2.56. The number of ether oxygens (including phenoxy) is 1. The van der Waals surface area contributed by atoms with Crippen LogP contribution < -0.4 is 5.43 Å². The van der Waals surface area contributed by atoms with E-state index in [1.807, 2.05) is 20.8 Å². The normalized spacial score (nSPS) is 12.4. The molecule has 1 aromatic heterocycles. The van der Waals surface area contributed by atoms with Crippen molar-refractivity contribution < 1.29 is 22.7 Å². The monoisotopic (exact) mass is 355 g/mol. The van der Waals surface area contributed by atoms with Gasteiger partial charge in [0.25, 0.3) is 0 Å². The molecule has 136 valence electrons. The Morgan fingerprint density at radius 2 is 1.84 bits per heavy atom. The molecular formula is C18H20F3NO3. The molecular weight excluding hydrogens is 335 g/mol. The second-order valence-corrected chi connectivity index (χ2v) is 7.01. The minimum Gasteiger partial charge on any atom is -0.462 e. The second kappa shape index (κ2) is 6.54. The van der Waals surface area contributed by atoms with E-state index in [9.17, 15) is 22.8 Å². The van der Waals surface area contributed by atoms with E-state index in [0.29, 0.717) is 6.54 Å². The van der Waals surface area contributed by atoms with E-state index in [4.69, 9.17) is 4.74 Å². The maximum atomic E-state index is 13.0. The Morgan fingerprint density at radius 1 is 1.20 bits per heavy atom. The quantitative estimate of drug-likeness (QED) is 0.774. The van der Waals surface area contributed by atoms with Gasteiger partial charge in [0, 0.05) is 18.1 Å². The number of carbonyl (C=O) groups excluding carboxylic acids is 1. The number of pyridine rings is 1. The zero-order chi connectivity index (χ0) is 19.0. The molecule has 0 aliphatic rings. The van der Waals surface area contributed by atoms with Crippen LogP contribution in [0.15, 0.2) is 29.2 Å². The van der Waals surface area contributed by atoms with Gasteiger partial charge in [-0.15, -0.1) is 0 Å². The summed E-state index contributed by atoms with van der Waals surface area (Å²) >= 11 is 0. The van der Waals surface area contributed by atoms with Crippen LogP contribution in [0.5, 0.6) is 0 Å². The Morgan fingerprint density at radius 3 is 2.36 bits per heavy atom. The molecule has 0 saturated carbocycles. The lowest BCUT2D eigenvalue weighted by molar-refractivity contribution is -0.137. The predicted octanol–water partition coefficient (Wildman–Crippen LogP) is 4.24. The molecule has 0 aliphatic heterocycles. The maximum absolute atomic E-state index is 13.0. The van der Waals surface area contributed by atoms with Gasteiger partial charge in [-0.25, -0.2) is 4.79 Å². The van der Waals surface area contributed by atoms with Crippen LogP contribution in [-0.4, -0.2) is 17.1 Å². The SMILES string of the molecule is CCOC(=O)c1cn(CC(C)(C)C)c2cc(C(F)(F)F)ccc2c1=O. The molecule has 0 N–H and O–H groups in total. The lowest BCUT2D eigenvalue weighted by Crippen LogP contribution is -2.24. The van der Waals surface area contributed by atoms with Crippen LogP contribution in [0.3, 0.4) is 0 Å². The van der Waals surface area contributed by atoms with Crippen LogP contribution in [0.2, 0.25) is 0 Å². The lowest BCUT2D eigenvalue weighted by atomic mass is 9.96. The van der Waals surface area contributed by atoms with Gasteiger partial charge in [0.05, 0.1) is 17.7 Å². The summed E-state index contributed by atoms with van der Waals surface area (Å²) in [6.07, 6.45) is -3.23. The third kappa shape index (κ3) is 4.21. The Balaban J connectivity index is 2.79. The highest BCUT2D eigenvalue weighted by Crippen LogP contribution is 2.31. The number of hydrogen-bond acceptors (Lipinski definition) is 3. The van der Waals surface area contributed by atoms with Crippen LogP contribution in [-0.2, 0) is 17.5 Å². The summed E-state index contributed by atoms with van der Waals surface area (Å²) < 4.78 is 45.5. The van der Waals surface area contributed by atoms with Crippen LogP contribution in [0.25, 0.3) is 10.9 Å². The molecule has 0 unspecified atom stereocenters. The molecule has 0 fully saturated rings. The smallest absolute Gasteiger partial charge is 0.416 e. The summed E-state index contributed by atoms with van der Waals surface area (Å²) in [6, 6.07) is 2.90. The fourth-order valence-corrected chi connectivity index (χ4v) is 2.56. The number of nitrogens with zero attached hydrogens (tertiary/aromatic N) is 1. The summed E-state index contributed by atoms with van der Waals surface area (Å²) in [4.78, 5) is 24.6. The first-order valence-corrected chi connectivity index (χ1v) is 7.85. The zero-order valence-electron chi connectivity index (χ0n) is 14.5. The van der Waals surface area contributed by atoms with Gasteiger partial charge in [0.1, 0.15) is 5.56 Å². The highest BCUT2D eigenvalue weighted by atomic mass is 19.4. The first-order valence-electron chi connectivity index (χ1n) is 7.85. The average Bonchev–Trinajstić information content (AvgIpc) is 2.47. The molecule has 1 heterocycles. The molecule has 0 atom stereocenters. The van der Waals surface area contributed by atoms with Crippen molar-refractivity contribution in [2.45, 2.75) is 40.4 Å². The molecule has 0 radical (unpaired) electrons. The number of benzene rings is 1. The molecule has 0 bridgehead atoms. The highest BCUT2D eigenvalue weighted by Gasteiger charge is 2.31. The summed E-state index contributed by atoms with van der Waals surface area (Å²) in [7, 11) is 0. The fraction of sp³-hybridized carbons (Fsp3) is 0.444. The number of hydrogen-bond donors (Lipinski definition) is 0. The van der Waals surface area contributed by atoms with Crippen molar-refractivity contribution in [2.75, 3.05) is 6.61 Å². The summed E-state index contributed by atoms with van der Waals surface area (Å²) in [6.45, 7) is 7.78. The van der Waals surface area contributed by atoms with Crippen molar-refractivity contribution in [3.63, 3.8) is 0 Å². The summed E-state index contributed by atoms with van der Waals surface area (Å²) in [5, 5.41) is 0.0582. The Bertz CT molecular complexity index is 861. The first-order chi connectivity index (χ1) is 11.4. The van der Waals surface area contributed by atoms with Gasteiger partial charge in [-0.05, 0) is 30.5 Å². The Labute approximate surface area is 143 Å². The summed E-state index contributed by atoms with van der Waals surface area (Å²) in [5.41, 5.74) is -1.79. The number of alkyl halides is 3. The van der Waals surface area contributed by atoms with Crippen molar-refractivity contribution in [1.29, 1.82) is 0 Å². The number of rotatable bonds is 3. The van der Waals surface area contributed by atoms with Crippen molar-refractivity contribution in [1.82, 2.24) is 4.57 Å². The number of aromatic nitrogens is 1.